The second-order valence-electron chi connectivity index (χ2n) is 4.03. The zero-order valence-corrected chi connectivity index (χ0v) is 11.1. The van der Waals surface area contributed by atoms with Gasteiger partial charge < -0.3 is 5.73 Å². The highest BCUT2D eigenvalue weighted by atomic mass is 32.2. The molecule has 0 saturated carbocycles. The molecule has 0 aromatic rings. The molecule has 1 atom stereocenters. The average Bonchev–Trinajstić information content (AvgIpc) is 2.15. The Morgan fingerprint density at radius 2 is 2.00 bits per heavy atom. The van der Waals surface area contributed by atoms with Crippen LogP contribution in [0.2, 0.25) is 0 Å². The first-order valence-electron chi connectivity index (χ1n) is 5.31. The van der Waals surface area contributed by atoms with Gasteiger partial charge in [0.25, 0.3) is 10.2 Å². The molecule has 6 nitrogen and oxygen atoms in total. The summed E-state index contributed by atoms with van der Waals surface area (Å²) < 4.78 is 27.3. The monoisotopic (exact) mass is 250 g/mol. The van der Waals surface area contributed by atoms with Crippen molar-refractivity contribution in [3.63, 3.8) is 0 Å². The highest BCUT2D eigenvalue weighted by molar-refractivity contribution is 7.87. The van der Waals surface area contributed by atoms with Crippen LogP contribution < -0.4 is 10.5 Å². The molecule has 0 saturated heterocycles. The van der Waals surface area contributed by atoms with E-state index in [1.165, 1.54) is 11.4 Å². The largest absolute Gasteiger partial charge is 0.386 e. The van der Waals surface area contributed by atoms with E-state index in [1.54, 1.807) is 13.8 Å². The number of amidine groups is 1. The first-order valence-corrected chi connectivity index (χ1v) is 6.75. The zero-order chi connectivity index (χ0) is 12.9. The Morgan fingerprint density at radius 1 is 1.50 bits per heavy atom. The maximum absolute atomic E-state index is 11.8. The molecule has 4 N–H and O–H groups in total. The summed E-state index contributed by atoms with van der Waals surface area (Å²) in [5.74, 6) is -0.150. The van der Waals surface area contributed by atoms with Gasteiger partial charge in [-0.15, -0.1) is 0 Å². The van der Waals surface area contributed by atoms with Gasteiger partial charge in [-0.05, 0) is 20.3 Å². The molecule has 0 heterocycles. The summed E-state index contributed by atoms with van der Waals surface area (Å²) in [5.41, 5.74) is 5.34. The SMILES string of the molecule is CCCC(NS(=O)(=O)N(C)C(C)C)C(=N)N. The molecule has 0 rings (SSSR count). The number of nitrogens with two attached hydrogens (primary N) is 1. The lowest BCUT2D eigenvalue weighted by Gasteiger charge is -2.24. The lowest BCUT2D eigenvalue weighted by molar-refractivity contribution is 0.399. The van der Waals surface area contributed by atoms with Crippen LogP contribution in [0, 0.1) is 5.41 Å². The fraction of sp³-hybridized carbons (Fsp3) is 0.889. The van der Waals surface area contributed by atoms with Crippen LogP contribution in [0.25, 0.3) is 0 Å². The number of nitrogens with one attached hydrogen (secondary N) is 2. The molecule has 0 bridgehead atoms. The van der Waals surface area contributed by atoms with Crippen LogP contribution in [-0.2, 0) is 10.2 Å². The highest BCUT2D eigenvalue weighted by Crippen LogP contribution is 2.04. The number of nitrogens with zero attached hydrogens (tertiary/aromatic N) is 1. The van der Waals surface area contributed by atoms with Crippen molar-refractivity contribution in [2.75, 3.05) is 7.05 Å². The predicted octanol–water partition coefficient (Wildman–Crippen LogP) is 0.266. The van der Waals surface area contributed by atoms with Crippen molar-refractivity contribution in [3.8, 4) is 0 Å². The molecule has 0 spiro atoms. The molecule has 1 unspecified atom stereocenters. The van der Waals surface area contributed by atoms with Crippen molar-refractivity contribution >= 4 is 16.0 Å². The van der Waals surface area contributed by atoms with E-state index in [4.69, 9.17) is 11.1 Å². The predicted molar refractivity (Wildman–Crippen MR) is 65.6 cm³/mol. The third-order valence-electron chi connectivity index (χ3n) is 2.35. The van der Waals surface area contributed by atoms with E-state index in [-0.39, 0.29) is 11.9 Å². The fourth-order valence-electron chi connectivity index (χ4n) is 1.11. The van der Waals surface area contributed by atoms with Crippen LogP contribution in [0.1, 0.15) is 33.6 Å². The third kappa shape index (κ3) is 4.46. The van der Waals surface area contributed by atoms with E-state index in [0.717, 1.165) is 6.42 Å². The minimum atomic E-state index is -3.56. The Bertz CT molecular complexity index is 326. The standard InChI is InChI=1S/C9H22N4O2S/c1-5-6-8(9(10)11)12-16(14,15)13(4)7(2)3/h7-8,12H,5-6H2,1-4H3,(H3,10,11). The summed E-state index contributed by atoms with van der Waals surface area (Å²) in [5, 5.41) is 7.32. The molecule has 96 valence electrons. The van der Waals surface area contributed by atoms with E-state index >= 15 is 0 Å². The molecule has 0 aromatic carbocycles. The lowest BCUT2D eigenvalue weighted by Crippen LogP contribution is -2.50. The molecule has 0 radical (unpaired) electrons. The van der Waals surface area contributed by atoms with Gasteiger partial charge in [-0.3, -0.25) is 5.41 Å². The molecule has 16 heavy (non-hydrogen) atoms. The summed E-state index contributed by atoms with van der Waals surface area (Å²) in [6.07, 6.45) is 1.29. The Balaban J connectivity index is 4.73. The Morgan fingerprint density at radius 3 is 2.31 bits per heavy atom. The first kappa shape index (κ1) is 15.3. The van der Waals surface area contributed by atoms with Crippen LogP contribution in [-0.4, -0.2) is 37.7 Å². The van der Waals surface area contributed by atoms with Crippen molar-refractivity contribution in [1.82, 2.24) is 9.03 Å². The molecule has 0 fully saturated rings. The quantitative estimate of drug-likeness (QED) is 0.446. The summed E-state index contributed by atoms with van der Waals surface area (Å²) in [4.78, 5) is 0. The van der Waals surface area contributed by atoms with Crippen molar-refractivity contribution in [1.29, 1.82) is 5.41 Å². The van der Waals surface area contributed by atoms with Crippen molar-refractivity contribution < 1.29 is 8.42 Å². The molecular weight excluding hydrogens is 228 g/mol. The zero-order valence-electron chi connectivity index (χ0n) is 10.3. The number of hydrogen-bond donors (Lipinski definition) is 3. The van der Waals surface area contributed by atoms with Gasteiger partial charge in [0, 0.05) is 13.1 Å². The minimum Gasteiger partial charge on any atom is -0.386 e. The van der Waals surface area contributed by atoms with Gasteiger partial charge in [-0.1, -0.05) is 13.3 Å². The van der Waals surface area contributed by atoms with Crippen LogP contribution in [0.3, 0.4) is 0 Å². The van der Waals surface area contributed by atoms with E-state index < -0.39 is 16.3 Å². The second-order valence-corrected chi connectivity index (χ2v) is 5.79. The molecule has 0 amide bonds. The molecule has 0 aromatic heterocycles. The molecular formula is C9H22N4O2S. The van der Waals surface area contributed by atoms with Gasteiger partial charge in [0.15, 0.2) is 0 Å². The topological polar surface area (TPSA) is 99.3 Å². The Hall–Kier alpha value is -0.660. The van der Waals surface area contributed by atoms with E-state index in [0.29, 0.717) is 6.42 Å². The van der Waals surface area contributed by atoms with Crippen LogP contribution in [0.15, 0.2) is 0 Å². The molecule has 0 aliphatic carbocycles. The maximum atomic E-state index is 11.8. The van der Waals surface area contributed by atoms with Crippen molar-refractivity contribution in [3.05, 3.63) is 0 Å². The van der Waals surface area contributed by atoms with Crippen LogP contribution in [0.4, 0.5) is 0 Å². The van der Waals surface area contributed by atoms with Gasteiger partial charge >= 0.3 is 0 Å². The summed E-state index contributed by atoms with van der Waals surface area (Å²) >= 11 is 0. The number of hydrogen-bond acceptors (Lipinski definition) is 3. The van der Waals surface area contributed by atoms with E-state index in [9.17, 15) is 8.42 Å². The highest BCUT2D eigenvalue weighted by Gasteiger charge is 2.25. The van der Waals surface area contributed by atoms with E-state index in [2.05, 4.69) is 4.72 Å². The van der Waals surface area contributed by atoms with E-state index in [1.807, 2.05) is 6.92 Å². The normalized spacial score (nSPS) is 14.4. The summed E-state index contributed by atoms with van der Waals surface area (Å²) in [6, 6.07) is -0.747. The number of rotatable bonds is 7. The summed E-state index contributed by atoms with van der Waals surface area (Å²) in [6.45, 7) is 5.47. The van der Waals surface area contributed by atoms with Gasteiger partial charge in [-0.2, -0.15) is 17.4 Å². The van der Waals surface area contributed by atoms with Crippen molar-refractivity contribution in [2.45, 2.75) is 45.7 Å². The molecule has 7 heteroatoms. The van der Waals surface area contributed by atoms with Gasteiger partial charge in [-0.25, -0.2) is 0 Å². The molecule has 0 aliphatic heterocycles. The Kier molecular flexibility index (Phi) is 5.91. The van der Waals surface area contributed by atoms with Gasteiger partial charge in [0.05, 0.1) is 6.04 Å². The maximum Gasteiger partial charge on any atom is 0.280 e. The average molecular weight is 250 g/mol. The molecule has 0 aliphatic rings. The van der Waals surface area contributed by atoms with Crippen molar-refractivity contribution in [2.24, 2.45) is 5.73 Å². The second kappa shape index (κ2) is 6.17. The van der Waals surface area contributed by atoms with Gasteiger partial charge in [0.1, 0.15) is 5.84 Å². The van der Waals surface area contributed by atoms with Crippen LogP contribution in [0.5, 0.6) is 0 Å². The summed E-state index contributed by atoms with van der Waals surface area (Å²) in [7, 11) is -2.07. The Labute approximate surface area is 97.9 Å². The van der Waals surface area contributed by atoms with Gasteiger partial charge in [0.2, 0.25) is 0 Å². The lowest BCUT2D eigenvalue weighted by atomic mass is 10.2. The first-order chi connectivity index (χ1) is 7.22. The smallest absolute Gasteiger partial charge is 0.280 e. The minimum absolute atomic E-state index is 0.133. The third-order valence-corrected chi connectivity index (χ3v) is 4.11. The van der Waals surface area contributed by atoms with Crippen LogP contribution >= 0.6 is 0 Å². The fourth-order valence-corrected chi connectivity index (χ4v) is 2.43.